The molecule has 0 aromatic heterocycles. The number of carbonyl (C=O) groups is 3. The van der Waals surface area contributed by atoms with Crippen LogP contribution in [0.2, 0.25) is 0 Å². The quantitative estimate of drug-likeness (QED) is 0.848. The number of halogens is 3. The van der Waals surface area contributed by atoms with Crippen LogP contribution in [0.3, 0.4) is 0 Å². The van der Waals surface area contributed by atoms with E-state index in [9.17, 15) is 27.6 Å². The van der Waals surface area contributed by atoms with Crippen LogP contribution in [-0.2, 0) is 4.79 Å². The van der Waals surface area contributed by atoms with Gasteiger partial charge < -0.3 is 15.3 Å². The molecule has 140 valence electrons. The molecular weight excluding hydrogens is 353 g/mol. The van der Waals surface area contributed by atoms with Crippen molar-refractivity contribution in [3.63, 3.8) is 0 Å². The fourth-order valence-electron chi connectivity index (χ4n) is 2.99. The number of aliphatic carboxylic acids is 1. The zero-order valence-electron chi connectivity index (χ0n) is 13.6. The summed E-state index contributed by atoms with van der Waals surface area (Å²) >= 11 is 0. The van der Waals surface area contributed by atoms with Gasteiger partial charge in [-0.3, -0.25) is 14.4 Å². The van der Waals surface area contributed by atoms with E-state index in [1.165, 1.54) is 24.3 Å². The molecule has 2 N–H and O–H groups in total. The average Bonchev–Trinajstić information content (AvgIpc) is 3.25. The molecule has 0 spiro atoms. The van der Waals surface area contributed by atoms with Crippen LogP contribution in [0.15, 0.2) is 24.3 Å². The molecule has 2 fully saturated rings. The Hall–Kier alpha value is -2.58. The highest BCUT2D eigenvalue weighted by Crippen LogP contribution is 2.38. The number of alkyl halides is 3. The lowest BCUT2D eigenvalue weighted by molar-refractivity contribution is -0.187. The highest BCUT2D eigenvalue weighted by molar-refractivity contribution is 5.98. The fourth-order valence-corrected chi connectivity index (χ4v) is 2.99. The normalized spacial score (nSPS) is 23.0. The van der Waals surface area contributed by atoms with E-state index in [2.05, 4.69) is 5.32 Å². The second-order valence-corrected chi connectivity index (χ2v) is 6.63. The smallest absolute Gasteiger partial charge is 0.394 e. The van der Waals surface area contributed by atoms with Gasteiger partial charge in [0.1, 0.15) is 0 Å². The van der Waals surface area contributed by atoms with Gasteiger partial charge in [-0.05, 0) is 37.1 Å². The Labute approximate surface area is 147 Å². The van der Waals surface area contributed by atoms with Crippen molar-refractivity contribution >= 4 is 17.8 Å². The zero-order valence-corrected chi connectivity index (χ0v) is 13.6. The molecule has 26 heavy (non-hydrogen) atoms. The monoisotopic (exact) mass is 370 g/mol. The number of carboxylic acids is 1. The van der Waals surface area contributed by atoms with E-state index < -0.39 is 43.0 Å². The third-order valence-corrected chi connectivity index (χ3v) is 4.65. The molecule has 9 heteroatoms. The summed E-state index contributed by atoms with van der Waals surface area (Å²) in [4.78, 5) is 36.3. The second kappa shape index (κ2) is 6.62. The molecular formula is C17H17F3N2O4. The number of likely N-dealkylation sites (tertiary alicyclic amines) is 1. The molecule has 2 aliphatic rings. The Kier molecular flexibility index (Phi) is 4.64. The largest absolute Gasteiger partial charge is 0.481 e. The topological polar surface area (TPSA) is 86.7 Å². The first-order chi connectivity index (χ1) is 12.2. The van der Waals surface area contributed by atoms with Gasteiger partial charge >= 0.3 is 12.1 Å². The van der Waals surface area contributed by atoms with E-state index in [1.807, 2.05) is 0 Å². The van der Waals surface area contributed by atoms with E-state index >= 15 is 0 Å². The van der Waals surface area contributed by atoms with Crippen LogP contribution in [-0.4, -0.2) is 53.1 Å². The number of nitrogens with one attached hydrogen (secondary N) is 1. The van der Waals surface area contributed by atoms with E-state index in [1.54, 1.807) is 0 Å². The highest BCUT2D eigenvalue weighted by Gasteiger charge is 2.53. The maximum Gasteiger partial charge on any atom is 0.394 e. The van der Waals surface area contributed by atoms with Gasteiger partial charge in [-0.25, -0.2) is 0 Å². The summed E-state index contributed by atoms with van der Waals surface area (Å²) < 4.78 is 39.0. The molecule has 0 unspecified atom stereocenters. The molecule has 0 bridgehead atoms. The van der Waals surface area contributed by atoms with E-state index in [0.29, 0.717) is 5.56 Å². The standard InChI is InChI=1S/C17H17F3N2O4/c18-17(19,20)13-8-22(7-12(13)16(25)26)15(24)10-3-1-9(2-4-10)14(23)21-11-5-6-11/h1-4,11-13H,5-8H2,(H,21,23)(H,25,26)/t12-,13-/m1/s1. The predicted molar refractivity (Wildman–Crippen MR) is 83.5 cm³/mol. The lowest BCUT2D eigenvalue weighted by Crippen LogP contribution is -2.34. The number of rotatable bonds is 4. The van der Waals surface area contributed by atoms with E-state index in [-0.39, 0.29) is 17.5 Å². The van der Waals surface area contributed by atoms with Crippen LogP contribution < -0.4 is 5.32 Å². The first-order valence-corrected chi connectivity index (χ1v) is 8.16. The van der Waals surface area contributed by atoms with Gasteiger partial charge in [0, 0.05) is 30.3 Å². The summed E-state index contributed by atoms with van der Waals surface area (Å²) in [6, 6.07) is 5.76. The Bertz CT molecular complexity index is 729. The van der Waals surface area contributed by atoms with E-state index in [0.717, 1.165) is 17.7 Å². The first kappa shape index (κ1) is 18.2. The Balaban J connectivity index is 1.70. The molecule has 2 amide bonds. The van der Waals surface area contributed by atoms with Gasteiger partial charge in [-0.15, -0.1) is 0 Å². The molecule has 0 radical (unpaired) electrons. The Morgan fingerprint density at radius 2 is 1.62 bits per heavy atom. The molecule has 1 aromatic carbocycles. The number of hydrogen-bond donors (Lipinski definition) is 2. The first-order valence-electron chi connectivity index (χ1n) is 8.16. The van der Waals surface area contributed by atoms with Gasteiger partial charge in [0.05, 0.1) is 11.8 Å². The van der Waals surface area contributed by atoms with Gasteiger partial charge in [0.2, 0.25) is 0 Å². The molecule has 3 rings (SSSR count). The molecule has 6 nitrogen and oxygen atoms in total. The minimum Gasteiger partial charge on any atom is -0.481 e. The third-order valence-electron chi connectivity index (χ3n) is 4.65. The Morgan fingerprint density at radius 1 is 1.04 bits per heavy atom. The van der Waals surface area contributed by atoms with Crippen molar-refractivity contribution < 1.29 is 32.7 Å². The van der Waals surface area contributed by atoms with Gasteiger partial charge in [0.25, 0.3) is 11.8 Å². The number of carboxylic acid groups (broad SMARTS) is 1. The lowest BCUT2D eigenvalue weighted by atomic mass is 9.96. The van der Waals surface area contributed by atoms with Crippen LogP contribution in [0, 0.1) is 11.8 Å². The maximum atomic E-state index is 13.0. The minimum absolute atomic E-state index is 0.111. The van der Waals surface area contributed by atoms with Gasteiger partial charge in [-0.2, -0.15) is 13.2 Å². The number of nitrogens with zero attached hydrogens (tertiary/aromatic N) is 1. The van der Waals surface area contributed by atoms with Crippen LogP contribution >= 0.6 is 0 Å². The van der Waals surface area contributed by atoms with Crippen molar-refractivity contribution in [2.45, 2.75) is 25.1 Å². The summed E-state index contributed by atoms with van der Waals surface area (Å²) in [6.45, 7) is -1.19. The Morgan fingerprint density at radius 3 is 2.08 bits per heavy atom. The molecule has 1 aliphatic heterocycles. The second-order valence-electron chi connectivity index (χ2n) is 6.63. The van der Waals surface area contributed by atoms with Gasteiger partial charge in [0.15, 0.2) is 0 Å². The SMILES string of the molecule is O=C(NC1CC1)c1ccc(C(=O)N2C[C@@H](C(F)(F)F)[C@H](C(=O)O)C2)cc1. The van der Waals surface area contributed by atoms with Gasteiger partial charge in [-0.1, -0.05) is 0 Å². The summed E-state index contributed by atoms with van der Waals surface area (Å²) in [7, 11) is 0. The summed E-state index contributed by atoms with van der Waals surface area (Å²) in [5.74, 6) is -6.29. The maximum absolute atomic E-state index is 13.0. The molecule has 1 saturated heterocycles. The minimum atomic E-state index is -4.69. The number of benzene rings is 1. The van der Waals surface area contributed by atoms with Crippen LogP contribution in [0.4, 0.5) is 13.2 Å². The fraction of sp³-hybridized carbons (Fsp3) is 0.471. The van der Waals surface area contributed by atoms with E-state index in [4.69, 9.17) is 5.11 Å². The zero-order chi connectivity index (χ0) is 19.1. The average molecular weight is 370 g/mol. The predicted octanol–water partition coefficient (Wildman–Crippen LogP) is 1.91. The molecule has 1 heterocycles. The lowest BCUT2D eigenvalue weighted by Gasteiger charge is -2.18. The summed E-state index contributed by atoms with van der Waals surface area (Å²) in [5.41, 5.74) is 0.464. The highest BCUT2D eigenvalue weighted by atomic mass is 19.4. The van der Waals surface area contributed by atoms with Crippen molar-refractivity contribution in [3.8, 4) is 0 Å². The van der Waals surface area contributed by atoms with Crippen molar-refractivity contribution in [1.82, 2.24) is 10.2 Å². The number of hydrogen-bond acceptors (Lipinski definition) is 3. The molecule has 1 aliphatic carbocycles. The van der Waals surface area contributed by atoms with Crippen molar-refractivity contribution in [2.24, 2.45) is 11.8 Å². The number of amides is 2. The van der Waals surface area contributed by atoms with Crippen molar-refractivity contribution in [3.05, 3.63) is 35.4 Å². The number of carbonyl (C=O) groups excluding carboxylic acids is 2. The summed E-state index contributed by atoms with van der Waals surface area (Å²) in [5, 5.41) is 11.8. The molecule has 1 saturated carbocycles. The van der Waals surface area contributed by atoms with Crippen LogP contribution in [0.1, 0.15) is 33.6 Å². The van der Waals surface area contributed by atoms with Crippen molar-refractivity contribution in [2.75, 3.05) is 13.1 Å². The molecule has 1 aromatic rings. The van der Waals surface area contributed by atoms with Crippen LogP contribution in [0.5, 0.6) is 0 Å². The van der Waals surface area contributed by atoms with Crippen LogP contribution in [0.25, 0.3) is 0 Å². The van der Waals surface area contributed by atoms with Crippen molar-refractivity contribution in [1.29, 1.82) is 0 Å². The summed E-state index contributed by atoms with van der Waals surface area (Å²) in [6.07, 6.45) is -2.83. The third kappa shape index (κ3) is 3.81. The molecule has 2 atom stereocenters.